The van der Waals surface area contributed by atoms with Crippen LogP contribution in [-0.2, 0) is 4.79 Å². The van der Waals surface area contributed by atoms with Crippen molar-refractivity contribution in [1.82, 2.24) is 20.2 Å². The summed E-state index contributed by atoms with van der Waals surface area (Å²) >= 11 is 0. The van der Waals surface area contributed by atoms with Gasteiger partial charge in [0, 0.05) is 31.5 Å². The van der Waals surface area contributed by atoms with Crippen LogP contribution in [0.3, 0.4) is 0 Å². The second kappa shape index (κ2) is 6.61. The molecule has 0 bridgehead atoms. The number of nitrogens with one attached hydrogen (secondary N) is 1. The molecule has 20 heavy (non-hydrogen) atoms. The number of carbonyl (C=O) groups is 2. The van der Waals surface area contributed by atoms with Crippen LogP contribution in [0.1, 0.15) is 29.8 Å². The first kappa shape index (κ1) is 13.9. The molecule has 0 aromatic carbocycles. The zero-order chi connectivity index (χ0) is 14.4. The second-order valence-electron chi connectivity index (χ2n) is 4.55. The zero-order valence-corrected chi connectivity index (χ0v) is 11.0. The van der Waals surface area contributed by atoms with Crippen molar-refractivity contribution < 1.29 is 9.59 Å². The van der Waals surface area contributed by atoms with E-state index in [-0.39, 0.29) is 30.0 Å². The Hall–Kier alpha value is -2.49. The molecule has 0 atom stereocenters. The third-order valence-corrected chi connectivity index (χ3v) is 3.21. The Morgan fingerprint density at radius 3 is 2.75 bits per heavy atom. The Balaban J connectivity index is 1.82. The van der Waals surface area contributed by atoms with E-state index in [1.165, 1.54) is 18.6 Å². The first-order chi connectivity index (χ1) is 9.70. The van der Waals surface area contributed by atoms with E-state index in [1.54, 1.807) is 4.90 Å². The number of nitrogens with zero attached hydrogens (tertiary/aromatic N) is 4. The average molecular weight is 273 g/mol. The van der Waals surface area contributed by atoms with Crippen LogP contribution in [0, 0.1) is 11.3 Å². The molecule has 0 saturated carbocycles. The van der Waals surface area contributed by atoms with Gasteiger partial charge in [-0.1, -0.05) is 0 Å². The molecule has 0 unspecified atom stereocenters. The van der Waals surface area contributed by atoms with Gasteiger partial charge in [-0.25, -0.2) is 4.98 Å². The summed E-state index contributed by atoms with van der Waals surface area (Å²) in [6.45, 7) is 1.12. The molecule has 2 amide bonds. The summed E-state index contributed by atoms with van der Waals surface area (Å²) < 4.78 is 0. The van der Waals surface area contributed by atoms with Crippen LogP contribution in [0.2, 0.25) is 0 Å². The minimum atomic E-state index is -0.250. The Labute approximate surface area is 116 Å². The van der Waals surface area contributed by atoms with E-state index in [2.05, 4.69) is 15.3 Å². The van der Waals surface area contributed by atoms with Gasteiger partial charge in [-0.05, 0) is 12.8 Å². The van der Waals surface area contributed by atoms with Gasteiger partial charge in [-0.2, -0.15) is 5.26 Å². The summed E-state index contributed by atoms with van der Waals surface area (Å²) in [5.41, 5.74) is 0.287. The van der Waals surface area contributed by atoms with E-state index in [9.17, 15) is 9.59 Å². The van der Waals surface area contributed by atoms with E-state index in [0.717, 1.165) is 0 Å². The number of likely N-dealkylation sites (tertiary alicyclic amines) is 1. The van der Waals surface area contributed by atoms with Crippen molar-refractivity contribution in [3.05, 3.63) is 24.3 Å². The van der Waals surface area contributed by atoms with E-state index in [4.69, 9.17) is 5.26 Å². The van der Waals surface area contributed by atoms with Crippen LogP contribution < -0.4 is 5.32 Å². The fourth-order valence-electron chi connectivity index (χ4n) is 2.13. The number of rotatable bonds is 3. The minimum absolute atomic E-state index is 0.0237. The van der Waals surface area contributed by atoms with E-state index in [0.29, 0.717) is 25.9 Å². The molecule has 1 aromatic rings. The molecule has 2 rings (SSSR count). The van der Waals surface area contributed by atoms with E-state index < -0.39 is 0 Å². The molecular weight excluding hydrogens is 258 g/mol. The summed E-state index contributed by atoms with van der Waals surface area (Å²) in [6, 6.07) is 1.88. The molecule has 1 fully saturated rings. The lowest BCUT2D eigenvalue weighted by atomic mass is 10.0. The maximum atomic E-state index is 11.9. The van der Waals surface area contributed by atoms with Crippen molar-refractivity contribution in [2.75, 3.05) is 13.1 Å². The summed E-state index contributed by atoms with van der Waals surface area (Å²) in [4.78, 5) is 32.9. The van der Waals surface area contributed by atoms with Crippen molar-refractivity contribution in [1.29, 1.82) is 5.26 Å². The van der Waals surface area contributed by atoms with Crippen LogP contribution >= 0.6 is 0 Å². The highest BCUT2D eigenvalue weighted by molar-refractivity contribution is 5.92. The van der Waals surface area contributed by atoms with Crippen molar-refractivity contribution >= 4 is 11.8 Å². The topological polar surface area (TPSA) is 99.0 Å². The SMILES string of the molecule is N#CCC(=O)N1CCC(NC(=O)c2cnccn2)CC1. The smallest absolute Gasteiger partial charge is 0.271 e. The monoisotopic (exact) mass is 273 g/mol. The van der Waals surface area contributed by atoms with Crippen LogP contribution in [-0.4, -0.2) is 45.8 Å². The lowest BCUT2D eigenvalue weighted by molar-refractivity contribution is -0.131. The molecule has 7 heteroatoms. The normalized spacial score (nSPS) is 15.4. The predicted molar refractivity (Wildman–Crippen MR) is 69.3 cm³/mol. The summed E-state index contributed by atoms with van der Waals surface area (Å²) in [5, 5.41) is 11.4. The number of aromatic nitrogens is 2. The minimum Gasteiger partial charge on any atom is -0.348 e. The largest absolute Gasteiger partial charge is 0.348 e. The molecule has 7 nitrogen and oxygen atoms in total. The maximum Gasteiger partial charge on any atom is 0.271 e. The first-order valence-corrected chi connectivity index (χ1v) is 6.42. The zero-order valence-electron chi connectivity index (χ0n) is 11.0. The second-order valence-corrected chi connectivity index (χ2v) is 4.55. The van der Waals surface area contributed by atoms with Crippen LogP contribution in [0.5, 0.6) is 0 Å². The molecule has 104 valence electrons. The lowest BCUT2D eigenvalue weighted by Crippen LogP contribution is -2.46. The molecule has 0 radical (unpaired) electrons. The highest BCUT2D eigenvalue weighted by Crippen LogP contribution is 2.11. The molecule has 1 aliphatic rings. The molecule has 1 saturated heterocycles. The number of amides is 2. The number of piperidine rings is 1. The molecule has 0 spiro atoms. The summed E-state index contributed by atoms with van der Waals surface area (Å²) in [5.74, 6) is -0.397. The fourth-order valence-corrected chi connectivity index (χ4v) is 2.13. The van der Waals surface area contributed by atoms with Gasteiger partial charge in [-0.15, -0.1) is 0 Å². The number of nitriles is 1. The summed E-state index contributed by atoms with van der Waals surface area (Å²) in [7, 11) is 0. The molecule has 1 aliphatic heterocycles. The van der Waals surface area contributed by atoms with Crippen molar-refractivity contribution in [2.24, 2.45) is 0 Å². The Morgan fingerprint density at radius 1 is 1.40 bits per heavy atom. The van der Waals surface area contributed by atoms with Gasteiger partial charge in [-0.3, -0.25) is 14.6 Å². The molecule has 1 aromatic heterocycles. The Bertz CT molecular complexity index is 517. The average Bonchev–Trinajstić information content (AvgIpc) is 2.49. The van der Waals surface area contributed by atoms with Crippen molar-refractivity contribution in [3.8, 4) is 6.07 Å². The van der Waals surface area contributed by atoms with Crippen molar-refractivity contribution in [2.45, 2.75) is 25.3 Å². The van der Waals surface area contributed by atoms with E-state index in [1.807, 2.05) is 6.07 Å². The van der Waals surface area contributed by atoms with Crippen LogP contribution in [0.15, 0.2) is 18.6 Å². The lowest BCUT2D eigenvalue weighted by Gasteiger charge is -2.31. The van der Waals surface area contributed by atoms with Gasteiger partial charge >= 0.3 is 0 Å². The molecule has 0 aliphatic carbocycles. The van der Waals surface area contributed by atoms with Gasteiger partial charge in [0.25, 0.3) is 5.91 Å². The molecule has 2 heterocycles. The Kier molecular flexibility index (Phi) is 4.60. The van der Waals surface area contributed by atoms with Gasteiger partial charge in [0.15, 0.2) is 0 Å². The fraction of sp³-hybridized carbons (Fsp3) is 0.462. The van der Waals surface area contributed by atoms with Gasteiger partial charge in [0.05, 0.1) is 12.3 Å². The first-order valence-electron chi connectivity index (χ1n) is 6.42. The summed E-state index contributed by atoms with van der Waals surface area (Å²) in [6.07, 6.45) is 5.68. The van der Waals surface area contributed by atoms with Gasteiger partial charge in [0.2, 0.25) is 5.91 Å². The highest BCUT2D eigenvalue weighted by Gasteiger charge is 2.24. The molecular formula is C13H15N5O2. The quantitative estimate of drug-likeness (QED) is 0.842. The van der Waals surface area contributed by atoms with Crippen molar-refractivity contribution in [3.63, 3.8) is 0 Å². The van der Waals surface area contributed by atoms with Crippen LogP contribution in [0.25, 0.3) is 0 Å². The number of carbonyl (C=O) groups excluding carboxylic acids is 2. The Morgan fingerprint density at radius 2 is 2.15 bits per heavy atom. The third-order valence-electron chi connectivity index (χ3n) is 3.21. The predicted octanol–water partition coefficient (Wildman–Crippen LogP) is 0.111. The number of hydrogen-bond donors (Lipinski definition) is 1. The third kappa shape index (κ3) is 3.51. The number of hydrogen-bond acceptors (Lipinski definition) is 5. The van der Waals surface area contributed by atoms with Crippen LogP contribution in [0.4, 0.5) is 0 Å². The molecule has 1 N–H and O–H groups in total. The van der Waals surface area contributed by atoms with Gasteiger partial charge in [0.1, 0.15) is 12.1 Å². The highest BCUT2D eigenvalue weighted by atomic mass is 16.2. The standard InChI is InChI=1S/C13H15N5O2/c14-4-1-12(19)18-7-2-10(3-8-18)17-13(20)11-9-15-5-6-16-11/h5-6,9-10H,1-3,7-8H2,(H,17,20). The maximum absolute atomic E-state index is 11.9. The van der Waals surface area contributed by atoms with E-state index >= 15 is 0 Å². The van der Waals surface area contributed by atoms with Gasteiger partial charge < -0.3 is 10.2 Å².